The molecule has 4 heteroatoms. The summed E-state index contributed by atoms with van der Waals surface area (Å²) in [5.74, 6) is 0.277. The van der Waals surface area contributed by atoms with Gasteiger partial charge in [-0.2, -0.15) is 0 Å². The first-order valence-corrected chi connectivity index (χ1v) is 7.77. The van der Waals surface area contributed by atoms with Gasteiger partial charge >= 0.3 is 0 Å². The molecule has 1 amide bonds. The maximum absolute atomic E-state index is 12.3. The van der Waals surface area contributed by atoms with Crippen LogP contribution in [0.25, 0.3) is 0 Å². The van der Waals surface area contributed by atoms with E-state index in [0.717, 1.165) is 45.1 Å². The molecule has 0 saturated heterocycles. The molecule has 1 unspecified atom stereocenters. The fourth-order valence-corrected chi connectivity index (χ4v) is 3.06. The van der Waals surface area contributed by atoms with Crippen LogP contribution in [0.15, 0.2) is 24.3 Å². The van der Waals surface area contributed by atoms with Crippen molar-refractivity contribution in [1.82, 2.24) is 4.90 Å². The van der Waals surface area contributed by atoms with Gasteiger partial charge in [0.1, 0.15) is 0 Å². The molecule has 2 rings (SSSR count). The lowest BCUT2D eigenvalue weighted by Gasteiger charge is -2.25. The van der Waals surface area contributed by atoms with Crippen molar-refractivity contribution in [3.05, 3.63) is 35.4 Å². The first-order valence-electron chi connectivity index (χ1n) is 7.77. The Labute approximate surface area is 134 Å². The van der Waals surface area contributed by atoms with Crippen LogP contribution in [0.2, 0.25) is 0 Å². The van der Waals surface area contributed by atoms with Crippen LogP contribution < -0.4 is 5.73 Å². The van der Waals surface area contributed by atoms with E-state index in [1.807, 2.05) is 11.9 Å². The highest BCUT2D eigenvalue weighted by atomic mass is 35.5. The predicted octanol–water partition coefficient (Wildman–Crippen LogP) is 3.46. The van der Waals surface area contributed by atoms with E-state index in [-0.39, 0.29) is 24.4 Å². The van der Waals surface area contributed by atoms with Crippen molar-refractivity contribution in [3.63, 3.8) is 0 Å². The van der Waals surface area contributed by atoms with E-state index in [9.17, 15) is 4.79 Å². The summed E-state index contributed by atoms with van der Waals surface area (Å²) >= 11 is 0. The van der Waals surface area contributed by atoms with Gasteiger partial charge < -0.3 is 10.6 Å². The summed E-state index contributed by atoms with van der Waals surface area (Å²) in [6.07, 6.45) is 7.12. The molecule has 0 radical (unpaired) electrons. The molecule has 2 N–H and O–H groups in total. The van der Waals surface area contributed by atoms with Gasteiger partial charge in [-0.25, -0.2) is 0 Å². The number of halogens is 1. The summed E-state index contributed by atoms with van der Waals surface area (Å²) in [5, 5.41) is 0. The van der Waals surface area contributed by atoms with Crippen LogP contribution in [0, 0.1) is 0 Å². The third kappa shape index (κ3) is 4.72. The van der Waals surface area contributed by atoms with Crippen molar-refractivity contribution in [2.75, 3.05) is 13.6 Å². The molecular formula is C17H27ClN2O. The molecule has 1 aliphatic carbocycles. The summed E-state index contributed by atoms with van der Waals surface area (Å²) in [5.41, 5.74) is 8.21. The Morgan fingerprint density at radius 2 is 1.95 bits per heavy atom. The van der Waals surface area contributed by atoms with Crippen molar-refractivity contribution in [3.8, 4) is 0 Å². The highest BCUT2D eigenvalue weighted by Crippen LogP contribution is 2.35. The SMILES string of the molecule is CN(C(=O)CCCCCCN)C1CCc2ccccc21.Cl. The van der Waals surface area contributed by atoms with Crippen LogP contribution in [-0.4, -0.2) is 24.4 Å². The molecule has 21 heavy (non-hydrogen) atoms. The van der Waals surface area contributed by atoms with E-state index in [1.165, 1.54) is 11.1 Å². The van der Waals surface area contributed by atoms with E-state index >= 15 is 0 Å². The van der Waals surface area contributed by atoms with Crippen LogP contribution in [-0.2, 0) is 11.2 Å². The molecule has 1 aromatic carbocycles. The Kier molecular flexibility index (Phi) is 7.76. The zero-order valence-electron chi connectivity index (χ0n) is 12.9. The van der Waals surface area contributed by atoms with Gasteiger partial charge in [-0.15, -0.1) is 12.4 Å². The number of unbranched alkanes of at least 4 members (excludes halogenated alkanes) is 3. The predicted molar refractivity (Wildman–Crippen MR) is 89.7 cm³/mol. The molecule has 0 heterocycles. The number of fused-ring (bicyclic) bond motifs is 1. The third-order valence-corrected chi connectivity index (χ3v) is 4.31. The first-order chi connectivity index (χ1) is 9.74. The molecule has 0 bridgehead atoms. The minimum absolute atomic E-state index is 0. The minimum atomic E-state index is 0. The second kappa shape index (κ2) is 9.06. The molecule has 0 fully saturated rings. The Balaban J connectivity index is 0.00000220. The van der Waals surface area contributed by atoms with Crippen molar-refractivity contribution < 1.29 is 4.79 Å². The molecule has 0 aliphatic heterocycles. The highest BCUT2D eigenvalue weighted by Gasteiger charge is 2.27. The molecule has 1 atom stereocenters. The molecule has 0 saturated carbocycles. The number of carbonyl (C=O) groups excluding carboxylic acids is 1. The Morgan fingerprint density at radius 3 is 2.71 bits per heavy atom. The Bertz CT molecular complexity index is 450. The van der Waals surface area contributed by atoms with Gasteiger partial charge in [-0.05, 0) is 43.4 Å². The van der Waals surface area contributed by atoms with Crippen molar-refractivity contribution in [1.29, 1.82) is 0 Å². The van der Waals surface area contributed by atoms with Gasteiger partial charge in [0.05, 0.1) is 6.04 Å². The van der Waals surface area contributed by atoms with Crippen LogP contribution >= 0.6 is 12.4 Å². The number of amides is 1. The van der Waals surface area contributed by atoms with E-state index in [2.05, 4.69) is 24.3 Å². The zero-order chi connectivity index (χ0) is 14.4. The van der Waals surface area contributed by atoms with Crippen LogP contribution in [0.3, 0.4) is 0 Å². The van der Waals surface area contributed by atoms with Crippen LogP contribution in [0.1, 0.15) is 55.7 Å². The fourth-order valence-electron chi connectivity index (χ4n) is 3.06. The fraction of sp³-hybridized carbons (Fsp3) is 0.588. The molecule has 0 spiro atoms. The van der Waals surface area contributed by atoms with E-state index in [0.29, 0.717) is 6.42 Å². The van der Waals surface area contributed by atoms with Gasteiger partial charge in [-0.1, -0.05) is 37.1 Å². The highest BCUT2D eigenvalue weighted by molar-refractivity contribution is 5.85. The molecule has 0 aromatic heterocycles. The molecular weight excluding hydrogens is 284 g/mol. The maximum atomic E-state index is 12.3. The largest absolute Gasteiger partial charge is 0.339 e. The number of carbonyl (C=O) groups is 1. The van der Waals surface area contributed by atoms with E-state index in [4.69, 9.17) is 5.73 Å². The molecule has 118 valence electrons. The molecule has 1 aliphatic rings. The van der Waals surface area contributed by atoms with Gasteiger partial charge in [0.25, 0.3) is 0 Å². The Morgan fingerprint density at radius 1 is 1.24 bits per heavy atom. The number of nitrogens with zero attached hydrogens (tertiary/aromatic N) is 1. The summed E-state index contributed by atoms with van der Waals surface area (Å²) in [6, 6.07) is 8.78. The summed E-state index contributed by atoms with van der Waals surface area (Å²) in [6.45, 7) is 0.757. The average Bonchev–Trinajstić information content (AvgIpc) is 2.90. The normalized spacial score (nSPS) is 16.2. The number of benzene rings is 1. The summed E-state index contributed by atoms with van der Waals surface area (Å²) in [4.78, 5) is 14.2. The van der Waals surface area contributed by atoms with Gasteiger partial charge in [0.2, 0.25) is 5.91 Å². The van der Waals surface area contributed by atoms with Gasteiger partial charge in [-0.3, -0.25) is 4.79 Å². The lowest BCUT2D eigenvalue weighted by Crippen LogP contribution is -2.29. The average molecular weight is 311 g/mol. The number of rotatable bonds is 7. The van der Waals surface area contributed by atoms with Crippen molar-refractivity contribution in [2.24, 2.45) is 5.73 Å². The van der Waals surface area contributed by atoms with Crippen molar-refractivity contribution in [2.45, 2.75) is 51.0 Å². The minimum Gasteiger partial charge on any atom is -0.339 e. The second-order valence-corrected chi connectivity index (χ2v) is 5.71. The number of hydrogen-bond donors (Lipinski definition) is 1. The van der Waals surface area contributed by atoms with E-state index < -0.39 is 0 Å². The lowest BCUT2D eigenvalue weighted by molar-refractivity contribution is -0.132. The van der Waals surface area contributed by atoms with Crippen molar-refractivity contribution >= 4 is 18.3 Å². The second-order valence-electron chi connectivity index (χ2n) is 5.71. The maximum Gasteiger partial charge on any atom is 0.222 e. The van der Waals surface area contributed by atoms with Crippen LogP contribution in [0.4, 0.5) is 0 Å². The number of aryl methyl sites for hydroxylation is 1. The summed E-state index contributed by atoms with van der Waals surface area (Å²) in [7, 11) is 1.95. The monoisotopic (exact) mass is 310 g/mol. The molecule has 1 aromatic rings. The van der Waals surface area contributed by atoms with Crippen LogP contribution in [0.5, 0.6) is 0 Å². The number of nitrogens with two attached hydrogens (primary N) is 1. The smallest absolute Gasteiger partial charge is 0.222 e. The first kappa shape index (κ1) is 18.0. The quantitative estimate of drug-likeness (QED) is 0.784. The zero-order valence-corrected chi connectivity index (χ0v) is 13.7. The van der Waals surface area contributed by atoms with Gasteiger partial charge in [0, 0.05) is 13.5 Å². The third-order valence-electron chi connectivity index (χ3n) is 4.31. The topological polar surface area (TPSA) is 46.3 Å². The Hall–Kier alpha value is -1.06. The van der Waals surface area contributed by atoms with Gasteiger partial charge in [0.15, 0.2) is 0 Å². The number of hydrogen-bond acceptors (Lipinski definition) is 2. The summed E-state index contributed by atoms with van der Waals surface area (Å²) < 4.78 is 0. The standard InChI is InChI=1S/C17H26N2O.ClH/c1-19(17(20)10-4-2-3-7-13-18)16-12-11-14-8-5-6-9-15(14)16;/h5-6,8-9,16H,2-4,7,10-13,18H2,1H3;1H. The van der Waals surface area contributed by atoms with E-state index in [1.54, 1.807) is 0 Å². The lowest BCUT2D eigenvalue weighted by atomic mass is 10.1. The molecule has 3 nitrogen and oxygen atoms in total.